The van der Waals surface area contributed by atoms with Gasteiger partial charge in [0.15, 0.2) is 0 Å². The summed E-state index contributed by atoms with van der Waals surface area (Å²) in [7, 11) is 0. The number of aromatic carboxylic acids is 1. The molecule has 1 aromatic carbocycles. The van der Waals surface area contributed by atoms with Crippen LogP contribution in [0.15, 0.2) is 23.1 Å². The van der Waals surface area contributed by atoms with E-state index in [1.54, 1.807) is 23.9 Å². The predicted molar refractivity (Wildman–Crippen MR) is 76.7 cm³/mol. The molecule has 0 aromatic heterocycles. The van der Waals surface area contributed by atoms with Gasteiger partial charge in [0.1, 0.15) is 0 Å². The lowest BCUT2D eigenvalue weighted by Crippen LogP contribution is -2.25. The topological polar surface area (TPSA) is 40.5 Å². The number of carboxylic acids is 1. The van der Waals surface area contributed by atoms with Gasteiger partial charge in [0.05, 0.1) is 5.56 Å². The quantitative estimate of drug-likeness (QED) is 0.771. The van der Waals surface area contributed by atoms with Gasteiger partial charge in [0, 0.05) is 17.2 Å². The second-order valence-corrected chi connectivity index (χ2v) is 5.30. The molecule has 1 N–H and O–H groups in total. The van der Waals surface area contributed by atoms with Crippen molar-refractivity contribution < 1.29 is 9.90 Å². The Balaban J connectivity index is 2.55. The fourth-order valence-corrected chi connectivity index (χ4v) is 2.79. The van der Waals surface area contributed by atoms with Gasteiger partial charge in [-0.05, 0) is 43.8 Å². The van der Waals surface area contributed by atoms with Crippen LogP contribution in [-0.4, -0.2) is 41.4 Å². The number of aryl methyl sites for hydroxylation is 1. The van der Waals surface area contributed by atoms with Gasteiger partial charge < -0.3 is 10.0 Å². The molecule has 0 spiro atoms. The monoisotopic (exact) mass is 267 g/mol. The molecule has 0 aliphatic heterocycles. The molecule has 0 saturated heterocycles. The zero-order valence-corrected chi connectivity index (χ0v) is 12.1. The summed E-state index contributed by atoms with van der Waals surface area (Å²) in [6.07, 6.45) is 0. The molecule has 0 radical (unpaired) electrons. The van der Waals surface area contributed by atoms with Gasteiger partial charge >= 0.3 is 5.97 Å². The van der Waals surface area contributed by atoms with Gasteiger partial charge in [0.2, 0.25) is 0 Å². The molecule has 18 heavy (non-hydrogen) atoms. The molecule has 0 aliphatic carbocycles. The highest BCUT2D eigenvalue weighted by atomic mass is 32.2. The van der Waals surface area contributed by atoms with Crippen LogP contribution in [0.3, 0.4) is 0 Å². The van der Waals surface area contributed by atoms with Crippen molar-refractivity contribution in [3.05, 3.63) is 29.3 Å². The summed E-state index contributed by atoms with van der Waals surface area (Å²) in [6.45, 7) is 9.52. The molecular formula is C14H21NO2S. The third-order valence-corrected chi connectivity index (χ3v) is 4.14. The van der Waals surface area contributed by atoms with Gasteiger partial charge in [-0.3, -0.25) is 0 Å². The Labute approximate surface area is 113 Å². The molecule has 0 unspecified atom stereocenters. The summed E-state index contributed by atoms with van der Waals surface area (Å²) in [5.74, 6) is 0.173. The maximum atomic E-state index is 10.8. The highest BCUT2D eigenvalue weighted by molar-refractivity contribution is 7.99. The van der Waals surface area contributed by atoms with Crippen molar-refractivity contribution in [2.45, 2.75) is 25.7 Å². The van der Waals surface area contributed by atoms with E-state index in [0.29, 0.717) is 5.56 Å². The van der Waals surface area contributed by atoms with Crippen molar-refractivity contribution >= 4 is 17.7 Å². The van der Waals surface area contributed by atoms with E-state index in [0.717, 1.165) is 31.0 Å². The van der Waals surface area contributed by atoms with Crippen molar-refractivity contribution in [1.82, 2.24) is 4.90 Å². The van der Waals surface area contributed by atoms with Gasteiger partial charge in [0.25, 0.3) is 0 Å². The smallest absolute Gasteiger partial charge is 0.335 e. The summed E-state index contributed by atoms with van der Waals surface area (Å²) in [6, 6.07) is 5.32. The summed E-state index contributed by atoms with van der Waals surface area (Å²) < 4.78 is 0. The predicted octanol–water partition coefficient (Wildman–Crippen LogP) is 3.13. The van der Waals surface area contributed by atoms with E-state index in [2.05, 4.69) is 18.7 Å². The summed E-state index contributed by atoms with van der Waals surface area (Å²) in [5, 5.41) is 8.90. The molecule has 100 valence electrons. The van der Waals surface area contributed by atoms with E-state index < -0.39 is 5.97 Å². The zero-order valence-electron chi connectivity index (χ0n) is 11.3. The molecule has 0 bridgehead atoms. The fraction of sp³-hybridized carbons (Fsp3) is 0.500. The van der Waals surface area contributed by atoms with E-state index in [-0.39, 0.29) is 0 Å². The minimum Gasteiger partial charge on any atom is -0.478 e. The summed E-state index contributed by atoms with van der Waals surface area (Å²) in [4.78, 5) is 14.4. The molecule has 4 heteroatoms. The maximum absolute atomic E-state index is 10.8. The zero-order chi connectivity index (χ0) is 13.5. The number of hydrogen-bond donors (Lipinski definition) is 1. The lowest BCUT2D eigenvalue weighted by atomic mass is 10.1. The number of benzene rings is 1. The van der Waals surface area contributed by atoms with Gasteiger partial charge in [-0.1, -0.05) is 13.8 Å². The summed E-state index contributed by atoms with van der Waals surface area (Å²) >= 11 is 1.79. The van der Waals surface area contributed by atoms with Crippen molar-refractivity contribution in [2.75, 3.05) is 25.4 Å². The molecule has 0 heterocycles. The highest BCUT2D eigenvalue weighted by Gasteiger charge is 2.06. The molecule has 0 aliphatic rings. The number of nitrogens with zero attached hydrogens (tertiary/aromatic N) is 1. The largest absolute Gasteiger partial charge is 0.478 e. The third kappa shape index (κ3) is 4.35. The number of rotatable bonds is 7. The molecule has 3 nitrogen and oxygen atoms in total. The molecular weight excluding hydrogens is 246 g/mol. The van der Waals surface area contributed by atoms with Crippen LogP contribution in [0.1, 0.15) is 29.8 Å². The SMILES string of the molecule is CCN(CC)CCSc1ccc(C(=O)O)cc1C. The molecule has 0 atom stereocenters. The normalized spacial score (nSPS) is 10.9. The van der Waals surface area contributed by atoms with Crippen LogP contribution in [0.5, 0.6) is 0 Å². The average Bonchev–Trinajstić information content (AvgIpc) is 2.36. The van der Waals surface area contributed by atoms with Gasteiger partial charge in [-0.25, -0.2) is 4.79 Å². The first-order valence-electron chi connectivity index (χ1n) is 6.27. The molecule has 1 rings (SSSR count). The van der Waals surface area contributed by atoms with Crippen LogP contribution in [0.2, 0.25) is 0 Å². The van der Waals surface area contributed by atoms with Crippen molar-refractivity contribution in [3.63, 3.8) is 0 Å². The Morgan fingerprint density at radius 3 is 2.50 bits per heavy atom. The van der Waals surface area contributed by atoms with E-state index in [4.69, 9.17) is 5.11 Å². The highest BCUT2D eigenvalue weighted by Crippen LogP contribution is 2.23. The van der Waals surface area contributed by atoms with Crippen LogP contribution < -0.4 is 0 Å². The van der Waals surface area contributed by atoms with Crippen molar-refractivity contribution in [2.24, 2.45) is 0 Å². The number of hydrogen-bond acceptors (Lipinski definition) is 3. The van der Waals surface area contributed by atoms with E-state index in [1.165, 1.54) is 4.90 Å². The Hall–Kier alpha value is -1.00. The first-order valence-corrected chi connectivity index (χ1v) is 7.26. The van der Waals surface area contributed by atoms with Crippen LogP contribution >= 0.6 is 11.8 Å². The van der Waals surface area contributed by atoms with Gasteiger partial charge in [-0.15, -0.1) is 11.8 Å². The van der Waals surface area contributed by atoms with Crippen molar-refractivity contribution in [3.8, 4) is 0 Å². The third-order valence-electron chi connectivity index (χ3n) is 2.98. The lowest BCUT2D eigenvalue weighted by Gasteiger charge is -2.17. The summed E-state index contributed by atoms with van der Waals surface area (Å²) in [5.41, 5.74) is 1.40. The van der Waals surface area contributed by atoms with Crippen LogP contribution in [0.4, 0.5) is 0 Å². The first kappa shape index (κ1) is 15.1. The maximum Gasteiger partial charge on any atom is 0.335 e. The van der Waals surface area contributed by atoms with Gasteiger partial charge in [-0.2, -0.15) is 0 Å². The lowest BCUT2D eigenvalue weighted by molar-refractivity contribution is 0.0696. The van der Waals surface area contributed by atoms with E-state index in [1.807, 2.05) is 13.0 Å². The van der Waals surface area contributed by atoms with Crippen LogP contribution in [0.25, 0.3) is 0 Å². The minimum absolute atomic E-state index is 0.362. The molecule has 0 fully saturated rings. The Bertz CT molecular complexity index is 403. The van der Waals surface area contributed by atoms with Crippen LogP contribution in [-0.2, 0) is 0 Å². The minimum atomic E-state index is -0.863. The fourth-order valence-electron chi connectivity index (χ4n) is 1.77. The Morgan fingerprint density at radius 1 is 1.33 bits per heavy atom. The van der Waals surface area contributed by atoms with E-state index in [9.17, 15) is 4.79 Å². The standard InChI is InChI=1S/C14H21NO2S/c1-4-15(5-2)8-9-18-13-7-6-12(14(16)17)10-11(13)3/h6-7,10H,4-5,8-9H2,1-3H3,(H,16,17). The number of carbonyl (C=O) groups is 1. The second kappa shape index (κ2) is 7.44. The second-order valence-electron chi connectivity index (χ2n) is 4.16. The van der Waals surface area contributed by atoms with Crippen LogP contribution in [0, 0.1) is 6.92 Å². The number of thioether (sulfide) groups is 1. The average molecular weight is 267 g/mol. The van der Waals surface area contributed by atoms with E-state index >= 15 is 0 Å². The Kier molecular flexibility index (Phi) is 6.22. The molecule has 0 saturated carbocycles. The Morgan fingerprint density at radius 2 is 2.00 bits per heavy atom. The molecule has 1 aromatic rings. The first-order chi connectivity index (χ1) is 8.58. The number of carboxylic acid groups (broad SMARTS) is 1. The molecule has 0 amide bonds. The van der Waals surface area contributed by atoms with Crippen molar-refractivity contribution in [1.29, 1.82) is 0 Å².